The SMILES string of the molecule is CN(CCC(=O)O)S(=O)(=O)NC1(CO)CCC1. The summed E-state index contributed by atoms with van der Waals surface area (Å²) in [4.78, 5) is 10.4. The summed E-state index contributed by atoms with van der Waals surface area (Å²) in [6, 6.07) is 0. The molecule has 8 heteroatoms. The Kier molecular flexibility index (Phi) is 4.48. The van der Waals surface area contributed by atoms with Crippen LogP contribution in [0.3, 0.4) is 0 Å². The third-order valence-corrected chi connectivity index (χ3v) is 4.70. The van der Waals surface area contributed by atoms with Crippen molar-refractivity contribution in [1.29, 1.82) is 0 Å². The number of aliphatic hydroxyl groups excluding tert-OH is 1. The quantitative estimate of drug-likeness (QED) is 0.556. The van der Waals surface area contributed by atoms with Gasteiger partial charge in [0, 0.05) is 13.6 Å². The average molecular weight is 266 g/mol. The van der Waals surface area contributed by atoms with Gasteiger partial charge in [-0.25, -0.2) is 0 Å². The fraction of sp³-hybridized carbons (Fsp3) is 0.889. The van der Waals surface area contributed by atoms with E-state index >= 15 is 0 Å². The van der Waals surface area contributed by atoms with E-state index in [-0.39, 0.29) is 19.6 Å². The van der Waals surface area contributed by atoms with Gasteiger partial charge in [-0.05, 0) is 19.3 Å². The van der Waals surface area contributed by atoms with Crippen molar-refractivity contribution in [3.05, 3.63) is 0 Å². The molecule has 1 aliphatic carbocycles. The monoisotopic (exact) mass is 266 g/mol. The van der Waals surface area contributed by atoms with Gasteiger partial charge < -0.3 is 10.2 Å². The first-order chi connectivity index (χ1) is 7.81. The molecule has 17 heavy (non-hydrogen) atoms. The van der Waals surface area contributed by atoms with Crippen molar-refractivity contribution >= 4 is 16.2 Å². The second kappa shape index (κ2) is 5.30. The first-order valence-corrected chi connectivity index (χ1v) is 6.83. The minimum absolute atomic E-state index is 0.0911. The zero-order valence-electron chi connectivity index (χ0n) is 9.72. The molecule has 0 aliphatic heterocycles. The van der Waals surface area contributed by atoms with E-state index in [0.717, 1.165) is 10.7 Å². The predicted molar refractivity (Wildman–Crippen MR) is 60.6 cm³/mol. The lowest BCUT2D eigenvalue weighted by Gasteiger charge is -2.41. The standard InChI is InChI=1S/C9H18N2O5S/c1-11(6-3-8(13)14)17(15,16)10-9(7-12)4-2-5-9/h10,12H,2-7H2,1H3,(H,13,14). The second-order valence-corrected chi connectivity index (χ2v) is 6.14. The average Bonchev–Trinajstić information content (AvgIpc) is 2.19. The fourth-order valence-corrected chi connectivity index (χ4v) is 2.92. The largest absolute Gasteiger partial charge is 0.481 e. The van der Waals surface area contributed by atoms with Crippen molar-refractivity contribution in [3.63, 3.8) is 0 Å². The van der Waals surface area contributed by atoms with E-state index in [2.05, 4.69) is 4.72 Å². The number of aliphatic hydroxyl groups is 1. The Morgan fingerprint density at radius 1 is 1.47 bits per heavy atom. The lowest BCUT2D eigenvalue weighted by Crippen LogP contribution is -2.58. The topological polar surface area (TPSA) is 107 Å². The number of rotatable bonds is 7. The maximum absolute atomic E-state index is 11.8. The van der Waals surface area contributed by atoms with Crippen LogP contribution in [0.2, 0.25) is 0 Å². The smallest absolute Gasteiger partial charge is 0.304 e. The molecule has 0 bridgehead atoms. The van der Waals surface area contributed by atoms with Crippen molar-refractivity contribution in [2.75, 3.05) is 20.2 Å². The molecule has 0 aromatic rings. The van der Waals surface area contributed by atoms with Crippen molar-refractivity contribution < 1.29 is 23.4 Å². The Bertz CT molecular complexity index is 371. The summed E-state index contributed by atoms with van der Waals surface area (Å²) in [6.07, 6.45) is 1.84. The summed E-state index contributed by atoms with van der Waals surface area (Å²) in [5.74, 6) is -1.05. The number of nitrogens with zero attached hydrogens (tertiary/aromatic N) is 1. The highest BCUT2D eigenvalue weighted by molar-refractivity contribution is 7.87. The summed E-state index contributed by atoms with van der Waals surface area (Å²) in [6.45, 7) is -0.328. The molecular weight excluding hydrogens is 248 g/mol. The Morgan fingerprint density at radius 2 is 2.06 bits per heavy atom. The molecule has 7 nitrogen and oxygen atoms in total. The molecule has 0 unspecified atom stereocenters. The van der Waals surface area contributed by atoms with Crippen LogP contribution in [0.5, 0.6) is 0 Å². The molecule has 0 radical (unpaired) electrons. The van der Waals surface area contributed by atoms with Gasteiger partial charge in [-0.3, -0.25) is 4.79 Å². The van der Waals surface area contributed by atoms with Crippen LogP contribution >= 0.6 is 0 Å². The number of nitrogens with one attached hydrogen (secondary N) is 1. The van der Waals surface area contributed by atoms with Gasteiger partial charge in [0.15, 0.2) is 0 Å². The van der Waals surface area contributed by atoms with Gasteiger partial charge in [0.1, 0.15) is 0 Å². The molecule has 1 saturated carbocycles. The van der Waals surface area contributed by atoms with Crippen molar-refractivity contribution in [1.82, 2.24) is 9.03 Å². The fourth-order valence-electron chi connectivity index (χ4n) is 1.62. The number of hydrogen-bond donors (Lipinski definition) is 3. The van der Waals surface area contributed by atoms with Gasteiger partial charge in [-0.15, -0.1) is 0 Å². The zero-order chi connectivity index (χ0) is 13.1. The number of carbonyl (C=O) groups is 1. The highest BCUT2D eigenvalue weighted by Gasteiger charge is 2.40. The van der Waals surface area contributed by atoms with E-state index in [1.165, 1.54) is 7.05 Å². The molecule has 3 N–H and O–H groups in total. The van der Waals surface area contributed by atoms with E-state index in [4.69, 9.17) is 10.2 Å². The zero-order valence-corrected chi connectivity index (χ0v) is 10.5. The molecular formula is C9H18N2O5S. The lowest BCUT2D eigenvalue weighted by molar-refractivity contribution is -0.137. The minimum atomic E-state index is -3.73. The molecule has 1 aliphatic rings. The van der Waals surface area contributed by atoms with Crippen LogP contribution < -0.4 is 4.72 Å². The van der Waals surface area contributed by atoms with Gasteiger partial charge >= 0.3 is 5.97 Å². The summed E-state index contributed by atoms with van der Waals surface area (Å²) in [7, 11) is -2.41. The molecule has 1 fully saturated rings. The molecule has 0 heterocycles. The van der Waals surface area contributed by atoms with Crippen molar-refractivity contribution in [2.45, 2.75) is 31.2 Å². The van der Waals surface area contributed by atoms with E-state index in [0.29, 0.717) is 12.8 Å². The summed E-state index contributed by atoms with van der Waals surface area (Å²) >= 11 is 0. The van der Waals surface area contributed by atoms with Gasteiger partial charge in [0.2, 0.25) is 0 Å². The van der Waals surface area contributed by atoms with Crippen LogP contribution in [0.15, 0.2) is 0 Å². The highest BCUT2D eigenvalue weighted by Crippen LogP contribution is 2.32. The molecule has 100 valence electrons. The predicted octanol–water partition coefficient (Wildman–Crippen LogP) is -0.858. The van der Waals surface area contributed by atoms with E-state index in [1.54, 1.807) is 0 Å². The number of carboxylic acid groups (broad SMARTS) is 1. The summed E-state index contributed by atoms with van der Waals surface area (Å²) in [5.41, 5.74) is -0.754. The lowest BCUT2D eigenvalue weighted by atomic mass is 9.78. The highest BCUT2D eigenvalue weighted by atomic mass is 32.2. The molecule has 0 amide bonds. The van der Waals surface area contributed by atoms with Crippen molar-refractivity contribution in [2.24, 2.45) is 0 Å². The normalized spacial score (nSPS) is 19.0. The third-order valence-electron chi connectivity index (χ3n) is 3.01. The van der Waals surface area contributed by atoms with Gasteiger partial charge in [0.25, 0.3) is 10.2 Å². The first kappa shape index (κ1) is 14.4. The molecule has 0 aromatic heterocycles. The first-order valence-electron chi connectivity index (χ1n) is 5.39. The van der Waals surface area contributed by atoms with E-state index in [1.807, 2.05) is 0 Å². The number of aliphatic carboxylic acids is 1. The van der Waals surface area contributed by atoms with Gasteiger partial charge in [0.05, 0.1) is 18.6 Å². The maximum Gasteiger partial charge on any atom is 0.304 e. The molecule has 1 rings (SSSR count). The summed E-state index contributed by atoms with van der Waals surface area (Å²) in [5, 5.41) is 17.6. The Labute approximate surface area is 101 Å². The van der Waals surface area contributed by atoms with Crippen LogP contribution in [0.25, 0.3) is 0 Å². The molecule has 0 saturated heterocycles. The van der Waals surface area contributed by atoms with Crippen LogP contribution in [0.1, 0.15) is 25.7 Å². The molecule has 0 atom stereocenters. The molecule has 0 spiro atoms. The Hall–Kier alpha value is -0.700. The Balaban J connectivity index is 2.58. The third kappa shape index (κ3) is 3.63. The van der Waals surface area contributed by atoms with Crippen LogP contribution in [0, 0.1) is 0 Å². The van der Waals surface area contributed by atoms with Crippen molar-refractivity contribution in [3.8, 4) is 0 Å². The second-order valence-electron chi connectivity index (χ2n) is 4.36. The van der Waals surface area contributed by atoms with Gasteiger partial charge in [-0.2, -0.15) is 17.4 Å². The van der Waals surface area contributed by atoms with E-state index in [9.17, 15) is 13.2 Å². The van der Waals surface area contributed by atoms with Crippen LogP contribution in [-0.2, 0) is 15.0 Å². The minimum Gasteiger partial charge on any atom is -0.481 e. The Morgan fingerprint density at radius 3 is 2.41 bits per heavy atom. The van der Waals surface area contributed by atoms with Crippen LogP contribution in [0.4, 0.5) is 0 Å². The maximum atomic E-state index is 11.8. The summed E-state index contributed by atoms with van der Waals surface area (Å²) < 4.78 is 27.0. The van der Waals surface area contributed by atoms with Crippen LogP contribution in [-0.4, -0.2) is 54.6 Å². The number of hydrogen-bond acceptors (Lipinski definition) is 4. The number of carboxylic acids is 1. The molecule has 0 aromatic carbocycles. The van der Waals surface area contributed by atoms with E-state index < -0.39 is 21.7 Å². The van der Waals surface area contributed by atoms with Gasteiger partial charge in [-0.1, -0.05) is 0 Å².